The number of ether oxygens (including phenoxy) is 1. The predicted octanol–water partition coefficient (Wildman–Crippen LogP) is 2.39. The van der Waals surface area contributed by atoms with Crippen LogP contribution in [0.1, 0.15) is 12.5 Å². The summed E-state index contributed by atoms with van der Waals surface area (Å²) in [5, 5.41) is 0. The van der Waals surface area contributed by atoms with Crippen LogP contribution in [0.3, 0.4) is 0 Å². The van der Waals surface area contributed by atoms with Crippen molar-refractivity contribution in [3.8, 4) is 5.75 Å². The van der Waals surface area contributed by atoms with Crippen LogP contribution in [0.4, 0.5) is 0 Å². The quantitative estimate of drug-likeness (QED) is 0.543. The minimum atomic E-state index is -0.440. The van der Waals surface area contributed by atoms with Gasteiger partial charge in [0.25, 0.3) is 0 Å². The average Bonchev–Trinajstić information content (AvgIpc) is 2.26. The monoisotopic (exact) mass is 192 g/mol. The van der Waals surface area contributed by atoms with E-state index in [9.17, 15) is 0 Å². The third kappa shape index (κ3) is 1.95. The number of para-hydroxylation sites is 1. The van der Waals surface area contributed by atoms with Crippen LogP contribution in [0, 0.1) is 0 Å². The van der Waals surface area contributed by atoms with Crippen LogP contribution in [0.5, 0.6) is 5.75 Å². The number of hydrogen-bond acceptors (Lipinski definition) is 3. The maximum atomic E-state index is 5.50. The lowest BCUT2D eigenvalue weighted by Crippen LogP contribution is -2.20. The van der Waals surface area contributed by atoms with Crippen molar-refractivity contribution in [3.63, 3.8) is 0 Å². The van der Waals surface area contributed by atoms with Gasteiger partial charge in [-0.25, -0.2) is 4.89 Å². The number of rotatable bonds is 3. The van der Waals surface area contributed by atoms with E-state index >= 15 is 0 Å². The molecule has 1 aromatic carbocycles. The van der Waals surface area contributed by atoms with E-state index in [2.05, 4.69) is 0 Å². The minimum absolute atomic E-state index is 0.440. The summed E-state index contributed by atoms with van der Waals surface area (Å²) in [5.74, 6) is 0.819. The van der Waals surface area contributed by atoms with E-state index in [0.717, 1.165) is 11.3 Å². The van der Waals surface area contributed by atoms with Gasteiger partial charge in [0.15, 0.2) is 0 Å². The van der Waals surface area contributed by atoms with Crippen LogP contribution in [-0.2, 0) is 9.78 Å². The van der Waals surface area contributed by atoms with Crippen molar-refractivity contribution in [2.24, 2.45) is 0 Å². The summed E-state index contributed by atoms with van der Waals surface area (Å²) in [4.78, 5) is 9.79. The SMILES string of the molecule is CCOOC1C=Cc2ccccc2O1. The Morgan fingerprint density at radius 2 is 2.21 bits per heavy atom. The second kappa shape index (κ2) is 4.26. The van der Waals surface area contributed by atoms with Gasteiger partial charge in [0.1, 0.15) is 5.75 Å². The molecule has 1 aliphatic rings. The topological polar surface area (TPSA) is 27.7 Å². The maximum absolute atomic E-state index is 5.50. The van der Waals surface area contributed by atoms with Gasteiger partial charge in [0, 0.05) is 5.56 Å². The summed E-state index contributed by atoms with van der Waals surface area (Å²) in [5.41, 5.74) is 1.06. The van der Waals surface area contributed by atoms with Crippen molar-refractivity contribution in [2.45, 2.75) is 13.2 Å². The Morgan fingerprint density at radius 3 is 3.07 bits per heavy atom. The summed E-state index contributed by atoms with van der Waals surface area (Å²) in [6.45, 7) is 2.37. The molecule has 0 spiro atoms. The normalized spacial score (nSPS) is 18.8. The molecule has 14 heavy (non-hydrogen) atoms. The van der Waals surface area contributed by atoms with Gasteiger partial charge >= 0.3 is 0 Å². The van der Waals surface area contributed by atoms with E-state index in [-0.39, 0.29) is 0 Å². The van der Waals surface area contributed by atoms with Gasteiger partial charge in [-0.1, -0.05) is 18.2 Å². The second-order valence-corrected chi connectivity index (χ2v) is 2.89. The molecule has 0 fully saturated rings. The minimum Gasteiger partial charge on any atom is -0.458 e. The zero-order valence-electron chi connectivity index (χ0n) is 7.97. The van der Waals surface area contributed by atoms with Gasteiger partial charge in [-0.3, -0.25) is 0 Å². The lowest BCUT2D eigenvalue weighted by atomic mass is 10.1. The molecule has 2 rings (SSSR count). The third-order valence-corrected chi connectivity index (χ3v) is 1.88. The molecule has 0 bridgehead atoms. The molecule has 0 saturated heterocycles. The zero-order valence-corrected chi connectivity index (χ0v) is 7.97. The highest BCUT2D eigenvalue weighted by molar-refractivity contribution is 5.59. The van der Waals surface area contributed by atoms with Gasteiger partial charge < -0.3 is 4.74 Å². The Bertz CT molecular complexity index is 333. The van der Waals surface area contributed by atoms with E-state index in [0.29, 0.717) is 6.61 Å². The van der Waals surface area contributed by atoms with Gasteiger partial charge in [-0.15, -0.1) is 0 Å². The van der Waals surface area contributed by atoms with Gasteiger partial charge in [0.05, 0.1) is 6.61 Å². The number of fused-ring (bicyclic) bond motifs is 1. The molecule has 3 heteroatoms. The van der Waals surface area contributed by atoms with Crippen molar-refractivity contribution in [2.75, 3.05) is 6.61 Å². The Morgan fingerprint density at radius 1 is 1.36 bits per heavy atom. The summed E-state index contributed by atoms with van der Waals surface area (Å²) in [6, 6.07) is 7.79. The Balaban J connectivity index is 2.06. The van der Waals surface area contributed by atoms with Crippen molar-refractivity contribution in [3.05, 3.63) is 35.9 Å². The first-order valence-electron chi connectivity index (χ1n) is 4.62. The highest BCUT2D eigenvalue weighted by atomic mass is 17.2. The van der Waals surface area contributed by atoms with Crippen LogP contribution in [0.2, 0.25) is 0 Å². The fourth-order valence-corrected chi connectivity index (χ4v) is 1.26. The molecule has 0 saturated carbocycles. The van der Waals surface area contributed by atoms with Crippen LogP contribution >= 0.6 is 0 Å². The zero-order chi connectivity index (χ0) is 9.80. The van der Waals surface area contributed by atoms with Gasteiger partial charge in [-0.2, -0.15) is 4.89 Å². The molecular formula is C11H12O3. The van der Waals surface area contributed by atoms with E-state index in [1.54, 1.807) is 0 Å². The summed E-state index contributed by atoms with van der Waals surface area (Å²) >= 11 is 0. The molecule has 1 unspecified atom stereocenters. The lowest BCUT2D eigenvalue weighted by molar-refractivity contribution is -0.346. The predicted molar refractivity (Wildman–Crippen MR) is 52.6 cm³/mol. The molecule has 1 atom stereocenters. The summed E-state index contributed by atoms with van der Waals surface area (Å²) < 4.78 is 5.50. The number of benzene rings is 1. The molecule has 0 aliphatic carbocycles. The molecule has 3 nitrogen and oxygen atoms in total. The summed E-state index contributed by atoms with van der Waals surface area (Å²) in [6.07, 6.45) is 3.34. The average molecular weight is 192 g/mol. The first-order valence-corrected chi connectivity index (χ1v) is 4.62. The molecular weight excluding hydrogens is 180 g/mol. The third-order valence-electron chi connectivity index (χ3n) is 1.88. The Labute approximate surface area is 82.8 Å². The van der Waals surface area contributed by atoms with Crippen LogP contribution in [0.25, 0.3) is 6.08 Å². The molecule has 0 radical (unpaired) electrons. The van der Waals surface area contributed by atoms with E-state index in [1.165, 1.54) is 0 Å². The van der Waals surface area contributed by atoms with Gasteiger partial charge in [-0.05, 0) is 25.1 Å². The Kier molecular flexibility index (Phi) is 2.81. The van der Waals surface area contributed by atoms with E-state index in [4.69, 9.17) is 14.5 Å². The molecule has 0 N–H and O–H groups in total. The van der Waals surface area contributed by atoms with Crippen LogP contribution < -0.4 is 4.74 Å². The van der Waals surface area contributed by atoms with E-state index < -0.39 is 6.29 Å². The van der Waals surface area contributed by atoms with Crippen molar-refractivity contribution in [1.29, 1.82) is 0 Å². The number of hydrogen-bond donors (Lipinski definition) is 0. The molecule has 0 aromatic heterocycles. The first kappa shape index (κ1) is 9.24. The second-order valence-electron chi connectivity index (χ2n) is 2.89. The van der Waals surface area contributed by atoms with Crippen molar-refractivity contribution in [1.82, 2.24) is 0 Å². The van der Waals surface area contributed by atoms with Crippen LogP contribution in [0.15, 0.2) is 30.3 Å². The van der Waals surface area contributed by atoms with Crippen molar-refractivity contribution < 1.29 is 14.5 Å². The lowest BCUT2D eigenvalue weighted by Gasteiger charge is -2.19. The molecule has 1 heterocycles. The van der Waals surface area contributed by atoms with Gasteiger partial charge in [0.2, 0.25) is 6.29 Å². The summed E-state index contributed by atoms with van der Waals surface area (Å²) in [7, 11) is 0. The fraction of sp³-hybridized carbons (Fsp3) is 0.273. The standard InChI is InChI=1S/C11H12O3/c1-2-12-14-11-8-7-9-5-3-4-6-10(9)13-11/h3-8,11H,2H2,1H3. The smallest absolute Gasteiger partial charge is 0.250 e. The van der Waals surface area contributed by atoms with Crippen molar-refractivity contribution >= 4 is 6.08 Å². The first-order chi connectivity index (χ1) is 6.90. The van der Waals surface area contributed by atoms with E-state index in [1.807, 2.05) is 43.3 Å². The highest BCUT2D eigenvalue weighted by Gasteiger charge is 2.14. The molecule has 74 valence electrons. The molecule has 1 aromatic rings. The highest BCUT2D eigenvalue weighted by Crippen LogP contribution is 2.25. The molecule has 1 aliphatic heterocycles. The maximum Gasteiger partial charge on any atom is 0.250 e. The molecule has 0 amide bonds. The Hall–Kier alpha value is -1.32. The fourth-order valence-electron chi connectivity index (χ4n) is 1.26. The van der Waals surface area contributed by atoms with Crippen LogP contribution in [-0.4, -0.2) is 12.9 Å². The largest absolute Gasteiger partial charge is 0.458 e.